The molecule has 28 heavy (non-hydrogen) atoms. The summed E-state index contributed by atoms with van der Waals surface area (Å²) >= 11 is 0. The van der Waals surface area contributed by atoms with Gasteiger partial charge < -0.3 is 20.1 Å². The van der Waals surface area contributed by atoms with E-state index in [2.05, 4.69) is 10.4 Å². The lowest BCUT2D eigenvalue weighted by molar-refractivity contribution is -0.187. The second-order valence-corrected chi connectivity index (χ2v) is 6.30. The monoisotopic (exact) mass is 398 g/mol. The topological polar surface area (TPSA) is 96.7 Å². The second-order valence-electron chi connectivity index (χ2n) is 6.30. The lowest BCUT2D eigenvalue weighted by Gasteiger charge is -2.19. The largest absolute Gasteiger partial charge is 0.497 e. The van der Waals surface area contributed by atoms with Gasteiger partial charge in [0.1, 0.15) is 5.75 Å². The maximum absolute atomic E-state index is 13.1. The first kappa shape index (κ1) is 19.5. The molecular formula is C17H17F3N4O4. The molecule has 1 aromatic heterocycles. The third-order valence-corrected chi connectivity index (χ3v) is 4.49. The van der Waals surface area contributed by atoms with Crippen LogP contribution < -0.4 is 10.1 Å². The predicted molar refractivity (Wildman–Crippen MR) is 91.4 cm³/mol. The van der Waals surface area contributed by atoms with Crippen molar-refractivity contribution in [1.29, 1.82) is 0 Å². The predicted octanol–water partition coefficient (Wildman–Crippen LogP) is 2.61. The fourth-order valence-corrected chi connectivity index (χ4v) is 3.08. The summed E-state index contributed by atoms with van der Waals surface area (Å²) in [5, 5.41) is 15.6. The van der Waals surface area contributed by atoms with Crippen molar-refractivity contribution in [2.75, 3.05) is 25.5 Å². The van der Waals surface area contributed by atoms with E-state index in [4.69, 9.17) is 9.84 Å². The highest BCUT2D eigenvalue weighted by atomic mass is 19.4. The zero-order valence-corrected chi connectivity index (χ0v) is 14.7. The Morgan fingerprint density at radius 1 is 1.29 bits per heavy atom. The van der Waals surface area contributed by atoms with Gasteiger partial charge in [0.2, 0.25) is 0 Å². The molecule has 2 heterocycles. The highest BCUT2D eigenvalue weighted by molar-refractivity contribution is 5.90. The molecule has 2 aromatic rings. The number of carboxylic acids is 1. The number of methoxy groups -OCH3 is 1. The normalized spacial score (nSPS) is 19.5. The Morgan fingerprint density at radius 3 is 2.57 bits per heavy atom. The molecule has 1 saturated heterocycles. The molecule has 0 radical (unpaired) electrons. The molecule has 0 bridgehead atoms. The van der Waals surface area contributed by atoms with E-state index >= 15 is 0 Å². The van der Waals surface area contributed by atoms with E-state index in [1.807, 2.05) is 0 Å². The molecule has 3 rings (SSSR count). The Hall–Kier alpha value is -3.24. The van der Waals surface area contributed by atoms with Gasteiger partial charge in [-0.1, -0.05) is 0 Å². The van der Waals surface area contributed by atoms with Crippen LogP contribution in [0.1, 0.15) is 0 Å². The van der Waals surface area contributed by atoms with Gasteiger partial charge in [0.15, 0.2) is 0 Å². The van der Waals surface area contributed by atoms with Gasteiger partial charge in [-0.15, -0.1) is 0 Å². The van der Waals surface area contributed by atoms with Crippen LogP contribution in [0.25, 0.3) is 5.69 Å². The van der Waals surface area contributed by atoms with Gasteiger partial charge in [0, 0.05) is 43.3 Å². The number of nitrogens with zero attached hydrogens (tertiary/aromatic N) is 3. The van der Waals surface area contributed by atoms with Crippen LogP contribution in [0.15, 0.2) is 36.7 Å². The van der Waals surface area contributed by atoms with Crippen molar-refractivity contribution in [3.05, 3.63) is 36.7 Å². The number of alkyl halides is 3. The fourth-order valence-electron chi connectivity index (χ4n) is 3.08. The molecule has 1 fully saturated rings. The maximum Gasteiger partial charge on any atom is 0.394 e. The Bertz CT molecular complexity index is 870. The number of benzene rings is 1. The molecule has 2 amide bonds. The SMILES string of the molecule is COc1cc(NC(=O)N2C[C@@H](C(F)(F)F)[C@H](C(=O)O)C2)cc(-n2cccn2)c1. The van der Waals surface area contributed by atoms with E-state index in [-0.39, 0.29) is 5.69 Å². The van der Waals surface area contributed by atoms with Crippen LogP contribution >= 0.6 is 0 Å². The number of carboxylic acid groups (broad SMARTS) is 1. The minimum absolute atomic E-state index is 0.275. The Morgan fingerprint density at radius 2 is 2.04 bits per heavy atom. The van der Waals surface area contributed by atoms with Crippen LogP contribution in [0.4, 0.5) is 23.7 Å². The number of aliphatic carboxylic acids is 1. The van der Waals surface area contributed by atoms with Gasteiger partial charge in [0.25, 0.3) is 0 Å². The number of ether oxygens (including phenoxy) is 1. The number of hydrogen-bond acceptors (Lipinski definition) is 4. The quantitative estimate of drug-likeness (QED) is 0.825. The maximum atomic E-state index is 13.1. The van der Waals surface area contributed by atoms with E-state index in [1.165, 1.54) is 17.9 Å². The number of anilines is 1. The summed E-state index contributed by atoms with van der Waals surface area (Å²) in [6.45, 7) is -1.25. The fraction of sp³-hybridized carbons (Fsp3) is 0.353. The highest BCUT2D eigenvalue weighted by Crippen LogP contribution is 2.38. The first-order valence-electron chi connectivity index (χ1n) is 8.23. The minimum atomic E-state index is -4.71. The number of hydrogen-bond donors (Lipinski definition) is 2. The van der Waals surface area contributed by atoms with Crippen molar-refractivity contribution in [2.45, 2.75) is 6.18 Å². The average Bonchev–Trinajstić information content (AvgIpc) is 3.30. The Labute approximate surface area is 157 Å². The van der Waals surface area contributed by atoms with Crippen LogP contribution in [0.3, 0.4) is 0 Å². The van der Waals surface area contributed by atoms with Crippen molar-refractivity contribution in [1.82, 2.24) is 14.7 Å². The molecule has 2 N–H and O–H groups in total. The van der Waals surface area contributed by atoms with E-state index in [9.17, 15) is 22.8 Å². The third-order valence-electron chi connectivity index (χ3n) is 4.49. The van der Waals surface area contributed by atoms with Gasteiger partial charge >= 0.3 is 18.2 Å². The molecule has 0 unspecified atom stereocenters. The number of nitrogens with one attached hydrogen (secondary N) is 1. The lowest BCUT2D eigenvalue weighted by Crippen LogP contribution is -2.35. The van der Waals surface area contributed by atoms with E-state index in [0.29, 0.717) is 11.4 Å². The molecule has 150 valence electrons. The van der Waals surface area contributed by atoms with Crippen LogP contribution in [-0.2, 0) is 4.79 Å². The second kappa shape index (κ2) is 7.41. The van der Waals surface area contributed by atoms with Crippen LogP contribution in [0, 0.1) is 11.8 Å². The lowest BCUT2D eigenvalue weighted by atomic mass is 9.96. The van der Waals surface area contributed by atoms with Crippen LogP contribution in [0.5, 0.6) is 5.75 Å². The van der Waals surface area contributed by atoms with Crippen LogP contribution in [-0.4, -0.2) is 58.2 Å². The number of rotatable bonds is 4. The van der Waals surface area contributed by atoms with Gasteiger partial charge in [-0.05, 0) is 12.1 Å². The first-order chi connectivity index (χ1) is 13.2. The zero-order chi connectivity index (χ0) is 20.5. The summed E-state index contributed by atoms with van der Waals surface area (Å²) in [6, 6.07) is 5.61. The van der Waals surface area contributed by atoms with Crippen LogP contribution in [0.2, 0.25) is 0 Å². The molecule has 2 atom stereocenters. The van der Waals surface area contributed by atoms with E-state index in [1.54, 1.807) is 30.6 Å². The number of aromatic nitrogens is 2. The molecule has 11 heteroatoms. The van der Waals surface area contributed by atoms with Crippen molar-refractivity contribution >= 4 is 17.7 Å². The summed E-state index contributed by atoms with van der Waals surface area (Å²) in [7, 11) is 1.43. The third kappa shape index (κ3) is 4.02. The summed E-state index contributed by atoms with van der Waals surface area (Å²) in [5.41, 5.74) is 0.842. The molecule has 0 saturated carbocycles. The number of urea groups is 1. The summed E-state index contributed by atoms with van der Waals surface area (Å²) < 4.78 is 46.0. The van der Waals surface area contributed by atoms with Crippen molar-refractivity contribution in [2.24, 2.45) is 11.8 Å². The Balaban J connectivity index is 1.79. The molecule has 1 aliphatic rings. The van der Waals surface area contributed by atoms with E-state index < -0.39 is 43.1 Å². The minimum Gasteiger partial charge on any atom is -0.497 e. The van der Waals surface area contributed by atoms with Crippen molar-refractivity contribution in [3.63, 3.8) is 0 Å². The van der Waals surface area contributed by atoms with Crippen molar-refractivity contribution in [3.8, 4) is 11.4 Å². The molecule has 0 spiro atoms. The standard InChI is InChI=1S/C17H17F3N4O4/c1-28-12-6-10(5-11(7-12)24-4-2-3-21-24)22-16(27)23-8-13(15(25)26)14(9-23)17(18,19)20/h2-7,13-14H,8-9H2,1H3,(H,22,27)(H,25,26)/t13-,14-/m1/s1. The van der Waals surface area contributed by atoms with Gasteiger partial charge in [-0.25, -0.2) is 9.48 Å². The first-order valence-corrected chi connectivity index (χ1v) is 8.23. The zero-order valence-electron chi connectivity index (χ0n) is 14.7. The number of likely N-dealkylation sites (tertiary alicyclic amines) is 1. The summed E-state index contributed by atoms with van der Waals surface area (Å²) in [4.78, 5) is 24.5. The van der Waals surface area contributed by atoms with Gasteiger partial charge in [-0.2, -0.15) is 18.3 Å². The number of carbonyl (C=O) groups excluding carboxylic acids is 1. The van der Waals surface area contributed by atoms with Crippen molar-refractivity contribution < 1.29 is 32.6 Å². The van der Waals surface area contributed by atoms with Gasteiger partial charge in [-0.3, -0.25) is 4.79 Å². The Kier molecular flexibility index (Phi) is 5.16. The molecule has 1 aromatic carbocycles. The molecular weight excluding hydrogens is 381 g/mol. The van der Waals surface area contributed by atoms with E-state index in [0.717, 1.165) is 4.90 Å². The molecule has 8 nitrogen and oxygen atoms in total. The molecule has 1 aliphatic heterocycles. The smallest absolute Gasteiger partial charge is 0.394 e. The highest BCUT2D eigenvalue weighted by Gasteiger charge is 2.53. The number of amides is 2. The summed E-state index contributed by atoms with van der Waals surface area (Å²) in [5.74, 6) is -4.99. The molecule has 0 aliphatic carbocycles. The number of halogens is 3. The number of carbonyl (C=O) groups is 2. The van der Waals surface area contributed by atoms with Gasteiger partial charge in [0.05, 0.1) is 24.6 Å². The summed E-state index contributed by atoms with van der Waals surface area (Å²) in [6.07, 6.45) is -1.47. The average molecular weight is 398 g/mol.